The molecule has 0 unspecified atom stereocenters. The van der Waals surface area contributed by atoms with E-state index >= 15 is 0 Å². The second kappa shape index (κ2) is 6.49. The van der Waals surface area contributed by atoms with Gasteiger partial charge in [0.15, 0.2) is 5.78 Å². The zero-order valence-electron chi connectivity index (χ0n) is 13.3. The molecule has 1 heterocycles. The van der Waals surface area contributed by atoms with E-state index in [0.29, 0.717) is 29.3 Å². The quantitative estimate of drug-likeness (QED) is 0.700. The number of nitrogens with one attached hydrogen (secondary N) is 1. The molecule has 3 rings (SSSR count). The van der Waals surface area contributed by atoms with E-state index in [2.05, 4.69) is 20.6 Å². The van der Waals surface area contributed by atoms with Gasteiger partial charge in [0.25, 0.3) is 0 Å². The van der Waals surface area contributed by atoms with E-state index in [1.54, 1.807) is 19.1 Å². The molecule has 0 aliphatic heterocycles. The summed E-state index contributed by atoms with van der Waals surface area (Å²) in [6, 6.07) is 10.7. The van der Waals surface area contributed by atoms with E-state index in [0.717, 1.165) is 11.1 Å². The van der Waals surface area contributed by atoms with Crippen molar-refractivity contribution in [3.05, 3.63) is 53.1 Å². The maximum absolute atomic E-state index is 11.4. The number of benzene rings is 2. The van der Waals surface area contributed by atoms with Crippen LogP contribution in [0.3, 0.4) is 0 Å². The van der Waals surface area contributed by atoms with Gasteiger partial charge < -0.3 is 9.84 Å². The molecular weight excluding hydrogens is 308 g/mol. The van der Waals surface area contributed by atoms with Crippen LogP contribution in [0.25, 0.3) is 11.4 Å². The van der Waals surface area contributed by atoms with Gasteiger partial charge in [-0.1, -0.05) is 6.07 Å². The molecule has 0 aliphatic rings. The fourth-order valence-corrected chi connectivity index (χ4v) is 2.33. The second-order valence-corrected chi connectivity index (χ2v) is 5.35. The topological polar surface area (TPSA) is 101 Å². The van der Waals surface area contributed by atoms with Crippen LogP contribution in [0, 0.1) is 6.92 Å². The van der Waals surface area contributed by atoms with Crippen LogP contribution in [0.4, 0.5) is 0 Å². The average molecular weight is 324 g/mol. The van der Waals surface area contributed by atoms with Crippen LogP contribution < -0.4 is 4.74 Å². The lowest BCUT2D eigenvalue weighted by atomic mass is 10.0. The molecule has 122 valence electrons. The summed E-state index contributed by atoms with van der Waals surface area (Å²) >= 11 is 0. The molecule has 24 heavy (non-hydrogen) atoms. The Morgan fingerprint density at radius 2 is 1.96 bits per heavy atom. The molecule has 0 atom stereocenters. The van der Waals surface area contributed by atoms with Gasteiger partial charge in [-0.25, -0.2) is 0 Å². The van der Waals surface area contributed by atoms with Crippen molar-refractivity contribution in [1.82, 2.24) is 20.6 Å². The fraction of sp³-hybridized carbons (Fsp3) is 0.176. The number of tetrazole rings is 1. The Kier molecular flexibility index (Phi) is 4.24. The summed E-state index contributed by atoms with van der Waals surface area (Å²) in [5.74, 6) is 1.04. The number of hydrogen-bond acceptors (Lipinski definition) is 6. The van der Waals surface area contributed by atoms with E-state index in [1.165, 1.54) is 6.92 Å². The summed E-state index contributed by atoms with van der Waals surface area (Å²) in [4.78, 5) is 11.4. The first-order chi connectivity index (χ1) is 11.6. The molecule has 0 aliphatic carbocycles. The first-order valence-corrected chi connectivity index (χ1v) is 7.35. The first kappa shape index (κ1) is 15.7. The number of aromatic nitrogens is 4. The number of ketones is 1. The molecule has 0 fully saturated rings. The van der Waals surface area contributed by atoms with Gasteiger partial charge in [-0.2, -0.15) is 5.21 Å². The maximum atomic E-state index is 11.4. The number of hydrogen-bond donors (Lipinski definition) is 2. The minimum Gasteiger partial charge on any atom is -0.507 e. The number of carbonyl (C=O) groups is 1. The van der Waals surface area contributed by atoms with E-state index in [1.807, 2.05) is 24.3 Å². The summed E-state index contributed by atoms with van der Waals surface area (Å²) in [6.45, 7) is 3.48. The maximum Gasteiger partial charge on any atom is 0.204 e. The fourth-order valence-electron chi connectivity index (χ4n) is 2.33. The van der Waals surface area contributed by atoms with Crippen molar-refractivity contribution in [1.29, 1.82) is 0 Å². The number of rotatable bonds is 5. The van der Waals surface area contributed by atoms with Gasteiger partial charge in [-0.05, 0) is 60.5 Å². The van der Waals surface area contributed by atoms with Crippen LogP contribution in [0.5, 0.6) is 11.5 Å². The Morgan fingerprint density at radius 1 is 1.21 bits per heavy atom. The smallest absolute Gasteiger partial charge is 0.204 e. The molecule has 3 aromatic rings. The van der Waals surface area contributed by atoms with Gasteiger partial charge in [0, 0.05) is 5.56 Å². The molecule has 1 aromatic heterocycles. The molecule has 7 nitrogen and oxygen atoms in total. The number of Topliss-reactive ketones (excluding diaryl/α,β-unsaturated/α-hetero) is 1. The lowest BCUT2D eigenvalue weighted by Gasteiger charge is -2.12. The lowest BCUT2D eigenvalue weighted by Crippen LogP contribution is -2.01. The number of phenolic OH excluding ortho intramolecular Hbond substituents is 1. The zero-order valence-corrected chi connectivity index (χ0v) is 13.3. The van der Waals surface area contributed by atoms with Gasteiger partial charge in [0.1, 0.15) is 18.1 Å². The molecule has 0 radical (unpaired) electrons. The number of aromatic hydroxyl groups is 1. The number of ether oxygens (including phenoxy) is 1. The third-order valence-electron chi connectivity index (χ3n) is 3.77. The third kappa shape index (κ3) is 3.10. The third-order valence-corrected chi connectivity index (χ3v) is 3.77. The minimum atomic E-state index is -0.167. The molecule has 0 bridgehead atoms. The molecule has 2 aromatic carbocycles. The number of aromatic amines is 1. The highest BCUT2D eigenvalue weighted by Gasteiger charge is 2.12. The standard InChI is InChI=1S/C17H16N4O3/c1-10-13(5-8-15(11(2)22)16(10)23)9-24-14-6-3-12(4-7-14)17-18-20-21-19-17/h3-8,23H,9H2,1-2H3,(H,18,19,20,21). The molecule has 0 amide bonds. The van der Waals surface area contributed by atoms with Crippen LogP contribution >= 0.6 is 0 Å². The largest absolute Gasteiger partial charge is 0.507 e. The van der Waals surface area contributed by atoms with Crippen molar-refractivity contribution in [2.75, 3.05) is 0 Å². The monoisotopic (exact) mass is 324 g/mol. The molecule has 2 N–H and O–H groups in total. The first-order valence-electron chi connectivity index (χ1n) is 7.35. The van der Waals surface area contributed by atoms with Crippen molar-refractivity contribution >= 4 is 5.78 Å². The summed E-state index contributed by atoms with van der Waals surface area (Å²) in [7, 11) is 0. The minimum absolute atomic E-state index is 0.0102. The second-order valence-electron chi connectivity index (χ2n) is 5.35. The van der Waals surface area contributed by atoms with Crippen LogP contribution in [0.2, 0.25) is 0 Å². The molecule has 0 saturated heterocycles. The molecule has 7 heteroatoms. The van der Waals surface area contributed by atoms with Gasteiger partial charge in [-0.15, -0.1) is 10.2 Å². The number of H-pyrrole nitrogens is 1. The highest BCUT2D eigenvalue weighted by atomic mass is 16.5. The Balaban J connectivity index is 1.72. The lowest BCUT2D eigenvalue weighted by molar-refractivity contribution is 0.101. The van der Waals surface area contributed by atoms with Crippen molar-refractivity contribution in [2.45, 2.75) is 20.5 Å². The Hall–Kier alpha value is -3.22. The predicted octanol–water partition coefficient (Wildman–Crippen LogP) is 2.66. The van der Waals surface area contributed by atoms with Gasteiger partial charge in [0.2, 0.25) is 5.82 Å². The predicted molar refractivity (Wildman–Crippen MR) is 86.8 cm³/mol. The summed E-state index contributed by atoms with van der Waals surface area (Å²) in [5.41, 5.74) is 2.61. The van der Waals surface area contributed by atoms with Crippen LogP contribution in [0.15, 0.2) is 36.4 Å². The highest BCUT2D eigenvalue weighted by Crippen LogP contribution is 2.27. The normalized spacial score (nSPS) is 10.6. The van der Waals surface area contributed by atoms with E-state index in [4.69, 9.17) is 4.74 Å². The molecular formula is C17H16N4O3. The van der Waals surface area contributed by atoms with Crippen LogP contribution in [0.1, 0.15) is 28.4 Å². The van der Waals surface area contributed by atoms with Crippen LogP contribution in [-0.4, -0.2) is 31.5 Å². The summed E-state index contributed by atoms with van der Waals surface area (Å²) in [5, 5.41) is 23.8. The number of carbonyl (C=O) groups excluding carboxylic acids is 1. The molecule has 0 saturated carbocycles. The van der Waals surface area contributed by atoms with Gasteiger partial charge in [-0.3, -0.25) is 4.79 Å². The van der Waals surface area contributed by atoms with Gasteiger partial charge >= 0.3 is 0 Å². The highest BCUT2D eigenvalue weighted by molar-refractivity contribution is 5.97. The van der Waals surface area contributed by atoms with E-state index in [-0.39, 0.29) is 11.5 Å². The average Bonchev–Trinajstić information content (AvgIpc) is 3.11. The van der Waals surface area contributed by atoms with Crippen LogP contribution in [-0.2, 0) is 6.61 Å². The Bertz CT molecular complexity index is 858. The Morgan fingerprint density at radius 3 is 2.58 bits per heavy atom. The van der Waals surface area contributed by atoms with E-state index < -0.39 is 0 Å². The van der Waals surface area contributed by atoms with Crippen molar-refractivity contribution in [3.8, 4) is 22.9 Å². The Labute approximate surface area is 138 Å². The van der Waals surface area contributed by atoms with Crippen molar-refractivity contribution in [2.24, 2.45) is 0 Å². The zero-order chi connectivity index (χ0) is 17.1. The summed E-state index contributed by atoms with van der Waals surface area (Å²) < 4.78 is 5.74. The van der Waals surface area contributed by atoms with Crippen molar-refractivity contribution < 1.29 is 14.6 Å². The van der Waals surface area contributed by atoms with Crippen molar-refractivity contribution in [3.63, 3.8) is 0 Å². The van der Waals surface area contributed by atoms with E-state index in [9.17, 15) is 9.90 Å². The number of phenols is 1. The summed E-state index contributed by atoms with van der Waals surface area (Å²) in [6.07, 6.45) is 0. The van der Waals surface area contributed by atoms with Gasteiger partial charge in [0.05, 0.1) is 5.56 Å². The number of nitrogens with zero attached hydrogens (tertiary/aromatic N) is 3. The SMILES string of the molecule is CC(=O)c1ccc(COc2ccc(-c3nn[nH]n3)cc2)c(C)c1O. The molecule has 0 spiro atoms.